The zero-order valence-electron chi connectivity index (χ0n) is 11.0. The van der Waals surface area contributed by atoms with Crippen molar-refractivity contribution < 1.29 is 9.53 Å². The molecule has 0 fully saturated rings. The molecule has 104 valence electrons. The number of carbonyl (C=O) groups excluding carboxylic acids is 1. The zero-order valence-corrected chi connectivity index (χ0v) is 11.7. The predicted octanol–water partition coefficient (Wildman–Crippen LogP) is 1.40. The normalized spacial score (nSPS) is 14.2. The van der Waals surface area contributed by atoms with Crippen molar-refractivity contribution in [3.63, 3.8) is 0 Å². The number of tetrazole rings is 1. The van der Waals surface area contributed by atoms with E-state index in [1.54, 1.807) is 4.90 Å². The molecular formula is C12H12ClN5O2. The van der Waals surface area contributed by atoms with Crippen LogP contribution >= 0.6 is 11.6 Å². The van der Waals surface area contributed by atoms with E-state index in [2.05, 4.69) is 20.6 Å². The molecule has 20 heavy (non-hydrogen) atoms. The summed E-state index contributed by atoms with van der Waals surface area (Å²) < 4.78 is 5.49. The van der Waals surface area contributed by atoms with Crippen molar-refractivity contribution in [2.75, 3.05) is 11.5 Å². The van der Waals surface area contributed by atoms with Crippen molar-refractivity contribution in [2.24, 2.45) is 0 Å². The third kappa shape index (κ3) is 2.00. The quantitative estimate of drug-likeness (QED) is 0.904. The van der Waals surface area contributed by atoms with Crippen molar-refractivity contribution in [1.82, 2.24) is 20.6 Å². The van der Waals surface area contributed by atoms with E-state index in [1.165, 1.54) is 0 Å². The Balaban J connectivity index is 2.08. The summed E-state index contributed by atoms with van der Waals surface area (Å²) in [4.78, 5) is 13.7. The monoisotopic (exact) mass is 293 g/mol. The largest absolute Gasteiger partial charge is 0.482 e. The lowest BCUT2D eigenvalue weighted by Gasteiger charge is -2.30. The van der Waals surface area contributed by atoms with E-state index in [0.29, 0.717) is 22.3 Å². The molecule has 0 saturated carbocycles. The van der Waals surface area contributed by atoms with Crippen LogP contribution < -0.4 is 9.64 Å². The summed E-state index contributed by atoms with van der Waals surface area (Å²) in [6.07, 6.45) is 0. The van der Waals surface area contributed by atoms with Gasteiger partial charge in [0.05, 0.1) is 12.2 Å². The Kier molecular flexibility index (Phi) is 3.06. The van der Waals surface area contributed by atoms with Gasteiger partial charge in [0.15, 0.2) is 12.4 Å². The van der Waals surface area contributed by atoms with Gasteiger partial charge in [-0.1, -0.05) is 16.8 Å². The van der Waals surface area contributed by atoms with Gasteiger partial charge in [-0.3, -0.25) is 9.69 Å². The van der Waals surface area contributed by atoms with Crippen LogP contribution in [0.15, 0.2) is 6.07 Å². The average molecular weight is 294 g/mol. The summed E-state index contributed by atoms with van der Waals surface area (Å²) >= 11 is 6.27. The van der Waals surface area contributed by atoms with E-state index in [-0.39, 0.29) is 19.1 Å². The Morgan fingerprint density at radius 1 is 1.50 bits per heavy atom. The van der Waals surface area contributed by atoms with Crippen LogP contribution in [-0.2, 0) is 11.3 Å². The molecule has 1 N–H and O–H groups in total. The van der Waals surface area contributed by atoms with Gasteiger partial charge in [0, 0.05) is 5.02 Å². The fraction of sp³-hybridized carbons (Fsp3) is 0.333. The van der Waals surface area contributed by atoms with Gasteiger partial charge in [0.1, 0.15) is 5.75 Å². The minimum Gasteiger partial charge on any atom is -0.482 e. The van der Waals surface area contributed by atoms with Crippen molar-refractivity contribution in [2.45, 2.75) is 20.4 Å². The number of anilines is 1. The van der Waals surface area contributed by atoms with Crippen LogP contribution in [-0.4, -0.2) is 33.1 Å². The number of aromatic nitrogens is 4. The van der Waals surface area contributed by atoms with Crippen LogP contribution in [0, 0.1) is 13.8 Å². The molecule has 8 heteroatoms. The number of hydrogen-bond donors (Lipinski definition) is 1. The number of aryl methyl sites for hydroxylation is 1. The van der Waals surface area contributed by atoms with Crippen LogP contribution in [0.3, 0.4) is 0 Å². The van der Waals surface area contributed by atoms with Crippen LogP contribution in [0.25, 0.3) is 0 Å². The number of carbonyl (C=O) groups is 1. The van der Waals surface area contributed by atoms with Crippen LogP contribution in [0.5, 0.6) is 5.75 Å². The van der Waals surface area contributed by atoms with Gasteiger partial charge in [-0.05, 0) is 31.0 Å². The number of halogens is 1. The van der Waals surface area contributed by atoms with Gasteiger partial charge in [0.25, 0.3) is 5.91 Å². The van der Waals surface area contributed by atoms with Gasteiger partial charge in [-0.2, -0.15) is 5.21 Å². The van der Waals surface area contributed by atoms with Crippen molar-refractivity contribution in [3.8, 4) is 5.75 Å². The number of H-pyrrole nitrogens is 1. The highest BCUT2D eigenvalue weighted by Crippen LogP contribution is 2.41. The van der Waals surface area contributed by atoms with E-state index in [9.17, 15) is 4.79 Å². The fourth-order valence-electron chi connectivity index (χ4n) is 2.26. The van der Waals surface area contributed by atoms with Crippen molar-refractivity contribution in [3.05, 3.63) is 28.0 Å². The lowest BCUT2D eigenvalue weighted by atomic mass is 10.1. The highest BCUT2D eigenvalue weighted by Gasteiger charge is 2.29. The van der Waals surface area contributed by atoms with Gasteiger partial charge in [0.2, 0.25) is 0 Å². The molecule has 0 unspecified atom stereocenters. The number of benzene rings is 1. The molecule has 2 aromatic rings. The number of amides is 1. The average Bonchev–Trinajstić information content (AvgIpc) is 2.92. The third-order valence-corrected chi connectivity index (χ3v) is 3.80. The molecule has 0 radical (unpaired) electrons. The first-order valence-corrected chi connectivity index (χ1v) is 6.41. The standard InChI is InChI=1S/C12H12ClN5O2/c1-6-3-8-12(7(2)11(6)13)18(10(19)5-20-8)4-9-14-16-17-15-9/h3H,4-5H2,1-2H3,(H,14,15,16,17). The molecule has 1 amide bonds. The number of nitrogens with one attached hydrogen (secondary N) is 1. The van der Waals surface area contributed by atoms with Crippen LogP contribution in [0.1, 0.15) is 17.0 Å². The summed E-state index contributed by atoms with van der Waals surface area (Å²) in [5.74, 6) is 0.917. The number of fused-ring (bicyclic) bond motifs is 1. The minimum absolute atomic E-state index is 0.00857. The summed E-state index contributed by atoms with van der Waals surface area (Å²) in [5.41, 5.74) is 2.39. The van der Waals surface area contributed by atoms with Crippen LogP contribution in [0.4, 0.5) is 5.69 Å². The molecule has 0 aliphatic carbocycles. The molecule has 0 saturated heterocycles. The first kappa shape index (κ1) is 12.9. The molecular weight excluding hydrogens is 282 g/mol. The Hall–Kier alpha value is -2.15. The second-order valence-electron chi connectivity index (χ2n) is 4.58. The number of ether oxygens (including phenoxy) is 1. The predicted molar refractivity (Wildman–Crippen MR) is 71.8 cm³/mol. The van der Waals surface area contributed by atoms with Crippen LogP contribution in [0.2, 0.25) is 5.02 Å². The Bertz CT molecular complexity index is 671. The molecule has 0 spiro atoms. The van der Waals surface area contributed by atoms with Gasteiger partial charge in [-0.25, -0.2) is 0 Å². The minimum atomic E-state index is -0.162. The molecule has 0 bridgehead atoms. The molecule has 0 atom stereocenters. The maximum atomic E-state index is 12.1. The Labute approximate surface area is 119 Å². The third-order valence-electron chi connectivity index (χ3n) is 3.22. The highest BCUT2D eigenvalue weighted by molar-refractivity contribution is 6.32. The molecule has 1 aromatic carbocycles. The topological polar surface area (TPSA) is 84.0 Å². The maximum absolute atomic E-state index is 12.1. The number of rotatable bonds is 2. The fourth-order valence-corrected chi connectivity index (χ4v) is 2.40. The number of nitrogens with zero attached hydrogens (tertiary/aromatic N) is 4. The number of hydrogen-bond acceptors (Lipinski definition) is 5. The second-order valence-corrected chi connectivity index (χ2v) is 4.95. The lowest BCUT2D eigenvalue weighted by molar-refractivity contribution is -0.121. The smallest absolute Gasteiger partial charge is 0.265 e. The zero-order chi connectivity index (χ0) is 14.3. The number of aromatic amines is 1. The van der Waals surface area contributed by atoms with E-state index < -0.39 is 0 Å². The molecule has 2 heterocycles. The second kappa shape index (κ2) is 4.75. The van der Waals surface area contributed by atoms with Gasteiger partial charge in [-0.15, -0.1) is 10.2 Å². The SMILES string of the molecule is Cc1cc2c(c(C)c1Cl)N(Cc1nn[nH]n1)C(=O)CO2. The first-order valence-electron chi connectivity index (χ1n) is 6.03. The molecule has 7 nitrogen and oxygen atoms in total. The van der Waals surface area contributed by atoms with E-state index >= 15 is 0 Å². The van der Waals surface area contributed by atoms with Crippen molar-refractivity contribution in [1.29, 1.82) is 0 Å². The van der Waals surface area contributed by atoms with E-state index in [4.69, 9.17) is 16.3 Å². The van der Waals surface area contributed by atoms with Gasteiger partial charge < -0.3 is 4.74 Å². The Morgan fingerprint density at radius 2 is 2.30 bits per heavy atom. The molecule has 1 aromatic heterocycles. The molecule has 1 aliphatic heterocycles. The molecule has 1 aliphatic rings. The summed E-state index contributed by atoms with van der Waals surface area (Å²) in [6, 6.07) is 1.83. The first-order chi connectivity index (χ1) is 9.58. The summed E-state index contributed by atoms with van der Waals surface area (Å²) in [7, 11) is 0. The van der Waals surface area contributed by atoms with Gasteiger partial charge >= 0.3 is 0 Å². The van der Waals surface area contributed by atoms with Crippen molar-refractivity contribution >= 4 is 23.2 Å². The lowest BCUT2D eigenvalue weighted by Crippen LogP contribution is -2.39. The van der Waals surface area contributed by atoms with E-state index in [1.807, 2.05) is 19.9 Å². The maximum Gasteiger partial charge on any atom is 0.265 e. The highest BCUT2D eigenvalue weighted by atomic mass is 35.5. The summed E-state index contributed by atoms with van der Waals surface area (Å²) in [6.45, 7) is 3.98. The Morgan fingerprint density at radius 3 is 3.00 bits per heavy atom. The molecule has 3 rings (SSSR count). The van der Waals surface area contributed by atoms with E-state index in [0.717, 1.165) is 11.1 Å². The summed E-state index contributed by atoms with van der Waals surface area (Å²) in [5, 5.41) is 14.2.